The van der Waals surface area contributed by atoms with E-state index in [0.29, 0.717) is 0 Å². The molecule has 2 aliphatic heterocycles. The zero-order valence-corrected chi connectivity index (χ0v) is 11.9. The van der Waals surface area contributed by atoms with Crippen LogP contribution in [0.25, 0.3) is 0 Å². The molecule has 1 atom stereocenters. The van der Waals surface area contributed by atoms with Crippen molar-refractivity contribution in [2.75, 3.05) is 32.7 Å². The summed E-state index contributed by atoms with van der Waals surface area (Å²) in [6, 6.07) is -0.448. The predicted octanol–water partition coefficient (Wildman–Crippen LogP) is -0.471. The highest BCUT2D eigenvalue weighted by molar-refractivity contribution is 6.03. The summed E-state index contributed by atoms with van der Waals surface area (Å²) in [4.78, 5) is 37.7. The van der Waals surface area contributed by atoms with E-state index in [1.54, 1.807) is 0 Å². The number of amides is 4. The Morgan fingerprint density at radius 3 is 2.60 bits per heavy atom. The Balaban J connectivity index is 1.70. The molecule has 1 unspecified atom stereocenters. The number of hydrogen-bond donors (Lipinski definition) is 2. The summed E-state index contributed by atoms with van der Waals surface area (Å²) in [6.07, 6.45) is 3.72. The van der Waals surface area contributed by atoms with E-state index in [2.05, 4.69) is 15.5 Å². The Labute approximate surface area is 118 Å². The Morgan fingerprint density at radius 1 is 1.30 bits per heavy atom. The molecule has 7 nitrogen and oxygen atoms in total. The van der Waals surface area contributed by atoms with Crippen molar-refractivity contribution < 1.29 is 14.4 Å². The molecule has 2 aliphatic rings. The fourth-order valence-corrected chi connectivity index (χ4v) is 2.68. The normalized spacial score (nSPS) is 21.8. The minimum atomic E-state index is -0.492. The predicted molar refractivity (Wildman–Crippen MR) is 73.0 cm³/mol. The van der Waals surface area contributed by atoms with Crippen molar-refractivity contribution in [1.29, 1.82) is 0 Å². The molecule has 0 radical (unpaired) electrons. The van der Waals surface area contributed by atoms with E-state index in [-0.39, 0.29) is 30.9 Å². The van der Waals surface area contributed by atoms with Crippen LogP contribution in [0.5, 0.6) is 0 Å². The minimum Gasteiger partial charge on any atom is -0.351 e. The highest BCUT2D eigenvalue weighted by Gasteiger charge is 2.28. The Hall–Kier alpha value is -1.63. The smallest absolute Gasteiger partial charge is 0.325 e. The number of urea groups is 1. The molecule has 20 heavy (non-hydrogen) atoms. The van der Waals surface area contributed by atoms with E-state index >= 15 is 0 Å². The van der Waals surface area contributed by atoms with E-state index in [4.69, 9.17) is 0 Å². The van der Waals surface area contributed by atoms with Gasteiger partial charge in [0.1, 0.15) is 13.1 Å². The molecule has 7 heteroatoms. The van der Waals surface area contributed by atoms with Crippen molar-refractivity contribution in [3.63, 3.8) is 0 Å². The van der Waals surface area contributed by atoms with Crippen LogP contribution in [0.3, 0.4) is 0 Å². The average Bonchev–Trinajstić information content (AvgIpc) is 2.68. The monoisotopic (exact) mass is 282 g/mol. The first-order chi connectivity index (χ1) is 9.54. The fraction of sp³-hybridized carbons (Fsp3) is 0.769. The van der Waals surface area contributed by atoms with Gasteiger partial charge in [0.05, 0.1) is 0 Å². The number of nitrogens with zero attached hydrogens (tertiary/aromatic N) is 2. The lowest BCUT2D eigenvalue weighted by Crippen LogP contribution is -2.47. The van der Waals surface area contributed by atoms with E-state index < -0.39 is 6.03 Å². The van der Waals surface area contributed by atoms with Gasteiger partial charge in [-0.3, -0.25) is 14.9 Å². The SMILES string of the molecule is CC(CN1CCCCC1)NC(=O)CN1CC(=O)NC1=O. The molecule has 4 amide bonds. The molecule has 2 saturated heterocycles. The average molecular weight is 282 g/mol. The minimum absolute atomic E-state index is 0.0350. The second-order valence-corrected chi connectivity index (χ2v) is 5.54. The van der Waals surface area contributed by atoms with Crippen molar-refractivity contribution in [3.05, 3.63) is 0 Å². The molecule has 0 bridgehead atoms. The molecule has 2 fully saturated rings. The van der Waals surface area contributed by atoms with Gasteiger partial charge in [-0.2, -0.15) is 0 Å². The van der Waals surface area contributed by atoms with Gasteiger partial charge in [0.25, 0.3) is 0 Å². The number of carbonyl (C=O) groups excluding carboxylic acids is 3. The Bertz CT molecular complexity index is 393. The molecular weight excluding hydrogens is 260 g/mol. The summed E-state index contributed by atoms with van der Waals surface area (Å²) >= 11 is 0. The van der Waals surface area contributed by atoms with Crippen molar-refractivity contribution in [2.45, 2.75) is 32.2 Å². The number of hydrogen-bond acceptors (Lipinski definition) is 4. The second-order valence-electron chi connectivity index (χ2n) is 5.54. The standard InChI is InChI=1S/C13H22N4O3/c1-10(7-16-5-3-2-4-6-16)14-11(18)8-17-9-12(19)15-13(17)20/h10H,2-9H2,1H3,(H,14,18)(H,15,19,20). The second kappa shape index (κ2) is 6.69. The Kier molecular flexibility index (Phi) is 4.94. The van der Waals surface area contributed by atoms with Gasteiger partial charge in [-0.15, -0.1) is 0 Å². The van der Waals surface area contributed by atoms with Gasteiger partial charge in [0, 0.05) is 12.6 Å². The third-order valence-corrected chi connectivity index (χ3v) is 3.59. The summed E-state index contributed by atoms with van der Waals surface area (Å²) < 4.78 is 0. The zero-order chi connectivity index (χ0) is 14.5. The van der Waals surface area contributed by atoms with Gasteiger partial charge in [-0.1, -0.05) is 6.42 Å². The van der Waals surface area contributed by atoms with E-state index in [9.17, 15) is 14.4 Å². The van der Waals surface area contributed by atoms with Crippen LogP contribution in [0.4, 0.5) is 4.79 Å². The molecule has 2 heterocycles. The summed E-state index contributed by atoms with van der Waals surface area (Å²) in [5.41, 5.74) is 0. The quantitative estimate of drug-likeness (QED) is 0.668. The van der Waals surface area contributed by atoms with Crippen LogP contribution in [-0.4, -0.2) is 66.4 Å². The van der Waals surface area contributed by atoms with E-state index in [0.717, 1.165) is 19.6 Å². The largest absolute Gasteiger partial charge is 0.351 e. The Morgan fingerprint density at radius 2 is 2.00 bits per heavy atom. The number of rotatable bonds is 5. The number of nitrogens with one attached hydrogen (secondary N) is 2. The molecular formula is C13H22N4O3. The van der Waals surface area contributed by atoms with Crippen LogP contribution >= 0.6 is 0 Å². The van der Waals surface area contributed by atoms with Gasteiger partial charge in [0.2, 0.25) is 11.8 Å². The van der Waals surface area contributed by atoms with Gasteiger partial charge in [-0.05, 0) is 32.9 Å². The van der Waals surface area contributed by atoms with Gasteiger partial charge >= 0.3 is 6.03 Å². The topological polar surface area (TPSA) is 81.8 Å². The van der Waals surface area contributed by atoms with E-state index in [1.807, 2.05) is 6.92 Å². The summed E-state index contributed by atoms with van der Waals surface area (Å²) in [6.45, 7) is 4.86. The number of imide groups is 1. The molecule has 0 saturated carbocycles. The van der Waals surface area contributed by atoms with Gasteiger partial charge in [0.15, 0.2) is 0 Å². The first-order valence-electron chi connectivity index (χ1n) is 7.15. The number of likely N-dealkylation sites (tertiary alicyclic amines) is 1. The molecule has 0 aromatic heterocycles. The van der Waals surface area contributed by atoms with Gasteiger partial charge in [-0.25, -0.2) is 4.79 Å². The maximum Gasteiger partial charge on any atom is 0.325 e. The molecule has 0 aromatic carbocycles. The van der Waals surface area contributed by atoms with Crippen LogP contribution in [0.2, 0.25) is 0 Å². The fourth-order valence-electron chi connectivity index (χ4n) is 2.68. The molecule has 0 aromatic rings. The van der Waals surface area contributed by atoms with Crippen molar-refractivity contribution in [1.82, 2.24) is 20.4 Å². The summed E-state index contributed by atoms with van der Waals surface area (Å²) in [5.74, 6) is -0.580. The lowest BCUT2D eigenvalue weighted by molar-refractivity contribution is -0.122. The van der Waals surface area contributed by atoms with Crippen LogP contribution < -0.4 is 10.6 Å². The van der Waals surface area contributed by atoms with Crippen molar-refractivity contribution >= 4 is 17.8 Å². The first-order valence-corrected chi connectivity index (χ1v) is 7.15. The lowest BCUT2D eigenvalue weighted by atomic mass is 10.1. The first kappa shape index (κ1) is 14.8. The molecule has 2 rings (SSSR count). The van der Waals surface area contributed by atoms with Gasteiger partial charge < -0.3 is 15.1 Å². The van der Waals surface area contributed by atoms with Crippen LogP contribution in [0.15, 0.2) is 0 Å². The maximum atomic E-state index is 11.8. The van der Waals surface area contributed by atoms with Crippen LogP contribution in [0.1, 0.15) is 26.2 Å². The van der Waals surface area contributed by atoms with Crippen LogP contribution in [0, 0.1) is 0 Å². The maximum absolute atomic E-state index is 11.8. The number of carbonyl (C=O) groups is 3. The highest BCUT2D eigenvalue weighted by Crippen LogP contribution is 2.08. The third-order valence-electron chi connectivity index (χ3n) is 3.59. The summed E-state index contributed by atoms with van der Waals surface area (Å²) in [5, 5.41) is 5.03. The molecule has 0 spiro atoms. The highest BCUT2D eigenvalue weighted by atomic mass is 16.2. The zero-order valence-electron chi connectivity index (χ0n) is 11.9. The summed E-state index contributed by atoms with van der Waals surface area (Å²) in [7, 11) is 0. The lowest BCUT2D eigenvalue weighted by Gasteiger charge is -2.29. The molecule has 112 valence electrons. The van der Waals surface area contributed by atoms with Crippen LogP contribution in [-0.2, 0) is 9.59 Å². The van der Waals surface area contributed by atoms with Crippen molar-refractivity contribution in [3.8, 4) is 0 Å². The molecule has 2 N–H and O–H groups in total. The van der Waals surface area contributed by atoms with Crippen molar-refractivity contribution in [2.24, 2.45) is 0 Å². The molecule has 0 aliphatic carbocycles. The third kappa shape index (κ3) is 4.19. The van der Waals surface area contributed by atoms with E-state index in [1.165, 1.54) is 24.2 Å². The number of piperidine rings is 1.